The molecule has 18 heavy (non-hydrogen) atoms. The van der Waals surface area contributed by atoms with E-state index in [-0.39, 0.29) is 6.04 Å². The van der Waals surface area contributed by atoms with Crippen molar-refractivity contribution in [2.45, 2.75) is 45.6 Å². The summed E-state index contributed by atoms with van der Waals surface area (Å²) in [6.07, 6.45) is 5.75. The van der Waals surface area contributed by atoms with Gasteiger partial charge in [-0.1, -0.05) is 36.6 Å². The van der Waals surface area contributed by atoms with Crippen LogP contribution < -0.4 is 5.73 Å². The van der Waals surface area contributed by atoms with Crippen LogP contribution in [0.25, 0.3) is 0 Å². The molecule has 1 nitrogen and oxygen atoms in total. The van der Waals surface area contributed by atoms with Gasteiger partial charge in [-0.25, -0.2) is 0 Å². The third-order valence-corrected chi connectivity index (χ3v) is 5.25. The van der Waals surface area contributed by atoms with Gasteiger partial charge in [-0.05, 0) is 49.5 Å². The Kier molecular flexibility index (Phi) is 5.13. The highest BCUT2D eigenvalue weighted by molar-refractivity contribution is 7.99. The van der Waals surface area contributed by atoms with E-state index in [0.29, 0.717) is 0 Å². The first kappa shape index (κ1) is 14.0. The summed E-state index contributed by atoms with van der Waals surface area (Å²) in [5.41, 5.74) is 10.3. The molecule has 2 heteroatoms. The SMILES string of the molecule is Cc1ccc(C(N)CSCC2CCCC2)c(C)c1. The minimum Gasteiger partial charge on any atom is -0.323 e. The molecular formula is C16H25NS. The molecule has 0 amide bonds. The van der Waals surface area contributed by atoms with Crippen molar-refractivity contribution < 1.29 is 0 Å². The van der Waals surface area contributed by atoms with Crippen LogP contribution in [0.4, 0.5) is 0 Å². The Morgan fingerprint density at radius 1 is 1.28 bits per heavy atom. The Morgan fingerprint density at radius 2 is 2.00 bits per heavy atom. The lowest BCUT2D eigenvalue weighted by Gasteiger charge is -2.16. The summed E-state index contributed by atoms with van der Waals surface area (Å²) in [6, 6.07) is 6.79. The van der Waals surface area contributed by atoms with Crippen molar-refractivity contribution in [3.8, 4) is 0 Å². The molecule has 1 fully saturated rings. The second kappa shape index (κ2) is 6.63. The van der Waals surface area contributed by atoms with Crippen LogP contribution in [0.3, 0.4) is 0 Å². The van der Waals surface area contributed by atoms with E-state index in [1.54, 1.807) is 0 Å². The van der Waals surface area contributed by atoms with E-state index in [1.165, 1.54) is 48.1 Å². The molecule has 0 radical (unpaired) electrons. The predicted molar refractivity (Wildman–Crippen MR) is 82.1 cm³/mol. The fourth-order valence-electron chi connectivity index (χ4n) is 2.87. The first-order chi connectivity index (χ1) is 8.66. The molecule has 0 saturated heterocycles. The molecule has 0 aromatic heterocycles. The second-order valence-electron chi connectivity index (χ2n) is 5.65. The van der Waals surface area contributed by atoms with Crippen molar-refractivity contribution in [2.24, 2.45) is 11.7 Å². The maximum atomic E-state index is 6.31. The van der Waals surface area contributed by atoms with Gasteiger partial charge in [0.25, 0.3) is 0 Å². The molecule has 100 valence electrons. The molecule has 1 atom stereocenters. The van der Waals surface area contributed by atoms with Gasteiger partial charge >= 0.3 is 0 Å². The summed E-state index contributed by atoms with van der Waals surface area (Å²) in [4.78, 5) is 0. The smallest absolute Gasteiger partial charge is 0.0389 e. The molecule has 1 saturated carbocycles. The van der Waals surface area contributed by atoms with Gasteiger partial charge in [0.15, 0.2) is 0 Å². The van der Waals surface area contributed by atoms with E-state index < -0.39 is 0 Å². The summed E-state index contributed by atoms with van der Waals surface area (Å²) < 4.78 is 0. The Hall–Kier alpha value is -0.470. The first-order valence-electron chi connectivity index (χ1n) is 7.07. The van der Waals surface area contributed by atoms with Gasteiger partial charge in [0.2, 0.25) is 0 Å². The molecule has 1 aliphatic rings. The largest absolute Gasteiger partial charge is 0.323 e. The van der Waals surface area contributed by atoms with Crippen LogP contribution in [0.1, 0.15) is 48.4 Å². The van der Waals surface area contributed by atoms with Gasteiger partial charge in [-0.3, -0.25) is 0 Å². The predicted octanol–water partition coefficient (Wildman–Crippen LogP) is 4.23. The second-order valence-corrected chi connectivity index (χ2v) is 6.73. The lowest BCUT2D eigenvalue weighted by atomic mass is 10.0. The number of hydrogen-bond donors (Lipinski definition) is 1. The van der Waals surface area contributed by atoms with Gasteiger partial charge in [-0.15, -0.1) is 0 Å². The van der Waals surface area contributed by atoms with E-state index in [9.17, 15) is 0 Å². The topological polar surface area (TPSA) is 26.0 Å². The third kappa shape index (κ3) is 3.76. The highest BCUT2D eigenvalue weighted by Gasteiger charge is 2.16. The van der Waals surface area contributed by atoms with Crippen LogP contribution in [-0.4, -0.2) is 11.5 Å². The number of nitrogens with two attached hydrogens (primary N) is 1. The Labute approximate surface area is 116 Å². The fourth-order valence-corrected chi connectivity index (χ4v) is 4.11. The van der Waals surface area contributed by atoms with Gasteiger partial charge in [0, 0.05) is 11.8 Å². The van der Waals surface area contributed by atoms with E-state index in [0.717, 1.165) is 11.7 Å². The van der Waals surface area contributed by atoms with E-state index in [1.807, 2.05) is 11.8 Å². The molecule has 1 aliphatic carbocycles. The number of thioether (sulfide) groups is 1. The summed E-state index contributed by atoms with van der Waals surface area (Å²) in [5.74, 6) is 3.32. The quantitative estimate of drug-likeness (QED) is 0.860. The molecule has 0 heterocycles. The molecule has 2 rings (SSSR count). The Morgan fingerprint density at radius 3 is 2.67 bits per heavy atom. The Balaban J connectivity index is 1.81. The molecule has 1 aromatic carbocycles. The van der Waals surface area contributed by atoms with Crippen molar-refractivity contribution >= 4 is 11.8 Å². The minimum absolute atomic E-state index is 0.192. The van der Waals surface area contributed by atoms with Gasteiger partial charge in [0.1, 0.15) is 0 Å². The normalized spacial score (nSPS) is 18.2. The van der Waals surface area contributed by atoms with E-state index in [4.69, 9.17) is 5.73 Å². The van der Waals surface area contributed by atoms with E-state index in [2.05, 4.69) is 32.0 Å². The molecule has 1 unspecified atom stereocenters. The maximum Gasteiger partial charge on any atom is 0.0389 e. The molecule has 1 aromatic rings. The van der Waals surface area contributed by atoms with Crippen LogP contribution in [0.5, 0.6) is 0 Å². The van der Waals surface area contributed by atoms with Crippen molar-refractivity contribution in [3.05, 3.63) is 34.9 Å². The highest BCUT2D eigenvalue weighted by atomic mass is 32.2. The minimum atomic E-state index is 0.192. The molecule has 0 bridgehead atoms. The van der Waals surface area contributed by atoms with Crippen LogP contribution in [0.15, 0.2) is 18.2 Å². The van der Waals surface area contributed by atoms with Crippen molar-refractivity contribution in [2.75, 3.05) is 11.5 Å². The van der Waals surface area contributed by atoms with Crippen LogP contribution in [0.2, 0.25) is 0 Å². The fraction of sp³-hybridized carbons (Fsp3) is 0.625. The monoisotopic (exact) mass is 263 g/mol. The van der Waals surface area contributed by atoms with Gasteiger partial charge in [-0.2, -0.15) is 11.8 Å². The number of benzene rings is 1. The van der Waals surface area contributed by atoms with Crippen LogP contribution >= 0.6 is 11.8 Å². The Bertz CT molecular complexity index is 383. The third-order valence-electron chi connectivity index (χ3n) is 3.95. The first-order valence-corrected chi connectivity index (χ1v) is 8.23. The molecule has 0 aliphatic heterocycles. The summed E-state index contributed by atoms with van der Waals surface area (Å²) >= 11 is 2.04. The zero-order chi connectivity index (χ0) is 13.0. The number of rotatable bonds is 5. The van der Waals surface area contributed by atoms with Crippen LogP contribution in [-0.2, 0) is 0 Å². The van der Waals surface area contributed by atoms with Crippen molar-refractivity contribution in [3.63, 3.8) is 0 Å². The van der Waals surface area contributed by atoms with Crippen molar-refractivity contribution in [1.82, 2.24) is 0 Å². The molecule has 2 N–H and O–H groups in total. The van der Waals surface area contributed by atoms with Gasteiger partial charge in [0.05, 0.1) is 0 Å². The standard InChI is InChI=1S/C16H25NS/c1-12-7-8-15(13(2)9-12)16(17)11-18-10-14-5-3-4-6-14/h7-9,14,16H,3-6,10-11,17H2,1-2H3. The summed E-state index contributed by atoms with van der Waals surface area (Å²) in [7, 11) is 0. The average molecular weight is 263 g/mol. The molecular weight excluding hydrogens is 238 g/mol. The van der Waals surface area contributed by atoms with Crippen molar-refractivity contribution in [1.29, 1.82) is 0 Å². The lowest BCUT2D eigenvalue weighted by Crippen LogP contribution is -2.15. The number of aryl methyl sites for hydroxylation is 2. The maximum absolute atomic E-state index is 6.31. The highest BCUT2D eigenvalue weighted by Crippen LogP contribution is 2.29. The summed E-state index contributed by atoms with van der Waals surface area (Å²) in [5, 5.41) is 0. The van der Waals surface area contributed by atoms with Crippen LogP contribution in [0, 0.1) is 19.8 Å². The zero-order valence-electron chi connectivity index (χ0n) is 11.6. The zero-order valence-corrected chi connectivity index (χ0v) is 12.4. The van der Waals surface area contributed by atoms with Gasteiger partial charge < -0.3 is 5.73 Å². The number of hydrogen-bond acceptors (Lipinski definition) is 2. The lowest BCUT2D eigenvalue weighted by molar-refractivity contribution is 0.622. The summed E-state index contributed by atoms with van der Waals surface area (Å²) in [6.45, 7) is 4.31. The molecule has 0 spiro atoms. The van der Waals surface area contributed by atoms with E-state index >= 15 is 0 Å². The average Bonchev–Trinajstić information content (AvgIpc) is 2.81.